The van der Waals surface area contributed by atoms with E-state index < -0.39 is 21.4 Å². The van der Waals surface area contributed by atoms with Gasteiger partial charge in [-0.3, -0.25) is 35.9 Å². The SMILES string of the molecule is Cc1ccc(CNc2ncnc(NNC(=O)c3cccc([N+](=O)[O-])c3)c2[N+](=O)[O-])cc1. The molecule has 158 valence electrons. The van der Waals surface area contributed by atoms with Gasteiger partial charge in [-0.05, 0) is 18.6 Å². The van der Waals surface area contributed by atoms with Crippen molar-refractivity contribution in [3.05, 3.63) is 91.8 Å². The van der Waals surface area contributed by atoms with E-state index in [0.717, 1.165) is 23.5 Å². The molecular weight excluding hydrogens is 406 g/mol. The second kappa shape index (κ2) is 9.26. The molecule has 31 heavy (non-hydrogen) atoms. The molecule has 12 heteroatoms. The molecule has 0 spiro atoms. The lowest BCUT2D eigenvalue weighted by molar-refractivity contribution is -0.384. The van der Waals surface area contributed by atoms with Crippen molar-refractivity contribution in [2.24, 2.45) is 0 Å². The first kappa shape index (κ1) is 21.1. The number of nitro groups is 2. The molecule has 0 saturated carbocycles. The van der Waals surface area contributed by atoms with Crippen LogP contribution in [0.1, 0.15) is 21.5 Å². The van der Waals surface area contributed by atoms with Crippen LogP contribution < -0.4 is 16.2 Å². The first-order chi connectivity index (χ1) is 14.8. The highest BCUT2D eigenvalue weighted by molar-refractivity contribution is 5.95. The monoisotopic (exact) mass is 423 g/mol. The van der Waals surface area contributed by atoms with Crippen LogP contribution in [0.4, 0.5) is 23.0 Å². The number of amides is 1. The zero-order chi connectivity index (χ0) is 22.4. The molecule has 0 unspecified atom stereocenters. The summed E-state index contributed by atoms with van der Waals surface area (Å²) in [4.78, 5) is 41.1. The van der Waals surface area contributed by atoms with Gasteiger partial charge in [0.2, 0.25) is 11.6 Å². The molecule has 1 amide bonds. The van der Waals surface area contributed by atoms with Crippen LogP contribution in [0.5, 0.6) is 0 Å². The quantitative estimate of drug-likeness (QED) is 0.365. The molecule has 0 fully saturated rings. The molecular formula is C19H17N7O5. The van der Waals surface area contributed by atoms with Gasteiger partial charge in [0, 0.05) is 24.2 Å². The third kappa shape index (κ3) is 5.26. The number of rotatable bonds is 8. The minimum atomic E-state index is -0.731. The summed E-state index contributed by atoms with van der Waals surface area (Å²) in [5.74, 6) is -1.01. The van der Waals surface area contributed by atoms with Gasteiger partial charge < -0.3 is 5.32 Å². The Balaban J connectivity index is 1.75. The number of nitrogens with zero attached hydrogens (tertiary/aromatic N) is 4. The number of nitro benzene ring substituents is 1. The van der Waals surface area contributed by atoms with Gasteiger partial charge in [-0.25, -0.2) is 9.97 Å². The Morgan fingerprint density at radius 1 is 1.00 bits per heavy atom. The number of hydrazine groups is 1. The maximum atomic E-state index is 12.3. The van der Waals surface area contributed by atoms with E-state index in [-0.39, 0.29) is 29.4 Å². The number of carbonyl (C=O) groups excluding carboxylic acids is 1. The van der Waals surface area contributed by atoms with Crippen LogP contribution in [0.25, 0.3) is 0 Å². The van der Waals surface area contributed by atoms with E-state index in [1.165, 1.54) is 18.2 Å². The van der Waals surface area contributed by atoms with E-state index in [2.05, 4.69) is 26.1 Å². The molecule has 0 saturated heterocycles. The van der Waals surface area contributed by atoms with E-state index in [4.69, 9.17) is 0 Å². The predicted octanol–water partition coefficient (Wildman–Crippen LogP) is 2.97. The Kier molecular flexibility index (Phi) is 6.30. The highest BCUT2D eigenvalue weighted by Crippen LogP contribution is 2.28. The van der Waals surface area contributed by atoms with Crippen LogP contribution >= 0.6 is 0 Å². The minimum Gasteiger partial charge on any atom is -0.360 e. The number of nitrogens with one attached hydrogen (secondary N) is 3. The molecule has 3 N–H and O–H groups in total. The van der Waals surface area contributed by atoms with Crippen LogP contribution in [0.15, 0.2) is 54.9 Å². The molecule has 0 aliphatic carbocycles. The van der Waals surface area contributed by atoms with Crippen molar-refractivity contribution in [3.8, 4) is 0 Å². The lowest BCUT2D eigenvalue weighted by Crippen LogP contribution is -2.30. The Labute approximate surface area is 175 Å². The standard InChI is InChI=1S/C19H17N7O5/c1-12-5-7-13(8-6-12)10-20-17-16(26(30)31)18(22-11-21-17)23-24-19(27)14-3-2-4-15(9-14)25(28)29/h2-9,11H,10H2,1H3,(H,24,27)(H2,20,21,22,23). The van der Waals surface area contributed by atoms with Gasteiger partial charge in [-0.15, -0.1) is 0 Å². The van der Waals surface area contributed by atoms with E-state index in [0.29, 0.717) is 0 Å². The van der Waals surface area contributed by atoms with Crippen LogP contribution in [-0.2, 0) is 6.54 Å². The zero-order valence-electron chi connectivity index (χ0n) is 16.2. The number of aryl methyl sites for hydroxylation is 1. The van der Waals surface area contributed by atoms with Crippen molar-refractivity contribution >= 4 is 28.9 Å². The highest BCUT2D eigenvalue weighted by atomic mass is 16.6. The first-order valence-electron chi connectivity index (χ1n) is 8.95. The van der Waals surface area contributed by atoms with Gasteiger partial charge >= 0.3 is 5.69 Å². The van der Waals surface area contributed by atoms with Crippen molar-refractivity contribution < 1.29 is 14.6 Å². The maximum Gasteiger partial charge on any atom is 0.354 e. The van der Waals surface area contributed by atoms with Gasteiger partial charge in [-0.2, -0.15) is 0 Å². The van der Waals surface area contributed by atoms with E-state index in [1.807, 2.05) is 31.2 Å². The third-order valence-electron chi connectivity index (χ3n) is 4.20. The molecule has 2 aromatic carbocycles. The van der Waals surface area contributed by atoms with E-state index in [1.54, 1.807) is 0 Å². The average Bonchev–Trinajstić information content (AvgIpc) is 2.76. The van der Waals surface area contributed by atoms with Crippen molar-refractivity contribution in [1.82, 2.24) is 15.4 Å². The van der Waals surface area contributed by atoms with Crippen LogP contribution in [0.2, 0.25) is 0 Å². The normalized spacial score (nSPS) is 10.2. The minimum absolute atomic E-state index is 0.00358. The van der Waals surface area contributed by atoms with Gasteiger partial charge in [-0.1, -0.05) is 35.9 Å². The number of carbonyl (C=O) groups is 1. The predicted molar refractivity (Wildman–Crippen MR) is 111 cm³/mol. The Bertz CT molecular complexity index is 1130. The molecule has 1 heterocycles. The first-order valence-corrected chi connectivity index (χ1v) is 8.95. The van der Waals surface area contributed by atoms with Gasteiger partial charge in [0.1, 0.15) is 6.33 Å². The molecule has 0 bridgehead atoms. The van der Waals surface area contributed by atoms with Crippen molar-refractivity contribution in [1.29, 1.82) is 0 Å². The van der Waals surface area contributed by atoms with Crippen LogP contribution in [0, 0.1) is 27.2 Å². The summed E-state index contributed by atoms with van der Waals surface area (Å²) in [6, 6.07) is 12.6. The Hall–Kier alpha value is -4.61. The largest absolute Gasteiger partial charge is 0.360 e. The number of anilines is 2. The second-order valence-electron chi connectivity index (χ2n) is 6.40. The number of benzene rings is 2. The molecule has 3 aromatic rings. The summed E-state index contributed by atoms with van der Waals surface area (Å²) >= 11 is 0. The highest BCUT2D eigenvalue weighted by Gasteiger charge is 2.23. The van der Waals surface area contributed by atoms with Crippen LogP contribution in [0.3, 0.4) is 0 Å². The topological polar surface area (TPSA) is 165 Å². The molecule has 0 aliphatic heterocycles. The number of hydrogen-bond acceptors (Lipinski definition) is 9. The summed E-state index contributed by atoms with van der Waals surface area (Å²) in [5, 5.41) is 25.3. The van der Waals surface area contributed by atoms with Crippen molar-refractivity contribution in [3.63, 3.8) is 0 Å². The Morgan fingerprint density at radius 3 is 2.39 bits per heavy atom. The summed E-state index contributed by atoms with van der Waals surface area (Å²) in [6.45, 7) is 2.24. The fourth-order valence-electron chi connectivity index (χ4n) is 2.61. The molecule has 1 aromatic heterocycles. The number of aromatic nitrogens is 2. The van der Waals surface area contributed by atoms with Crippen molar-refractivity contribution in [2.75, 3.05) is 10.7 Å². The van der Waals surface area contributed by atoms with Crippen molar-refractivity contribution in [2.45, 2.75) is 13.5 Å². The van der Waals surface area contributed by atoms with Crippen LogP contribution in [-0.4, -0.2) is 25.7 Å². The summed E-state index contributed by atoms with van der Waals surface area (Å²) in [7, 11) is 0. The van der Waals surface area contributed by atoms with E-state index in [9.17, 15) is 25.0 Å². The fourth-order valence-corrected chi connectivity index (χ4v) is 2.61. The number of hydrogen-bond donors (Lipinski definition) is 3. The maximum absolute atomic E-state index is 12.3. The molecule has 0 atom stereocenters. The molecule has 3 rings (SSSR count). The molecule has 12 nitrogen and oxygen atoms in total. The van der Waals surface area contributed by atoms with Gasteiger partial charge in [0.05, 0.1) is 9.85 Å². The van der Waals surface area contributed by atoms with Gasteiger partial charge in [0.15, 0.2) is 0 Å². The van der Waals surface area contributed by atoms with E-state index >= 15 is 0 Å². The molecule has 0 aliphatic rings. The lowest BCUT2D eigenvalue weighted by atomic mass is 10.1. The zero-order valence-corrected chi connectivity index (χ0v) is 16.2. The third-order valence-corrected chi connectivity index (χ3v) is 4.20. The summed E-state index contributed by atoms with van der Waals surface area (Å²) in [6.07, 6.45) is 1.10. The second-order valence-corrected chi connectivity index (χ2v) is 6.40. The summed E-state index contributed by atoms with van der Waals surface area (Å²) < 4.78 is 0. The molecule has 0 radical (unpaired) electrons. The number of non-ortho nitro benzene ring substituents is 1. The Morgan fingerprint density at radius 2 is 1.71 bits per heavy atom. The summed E-state index contributed by atoms with van der Waals surface area (Å²) in [5.41, 5.74) is 5.89. The lowest BCUT2D eigenvalue weighted by Gasteiger charge is -2.11. The fraction of sp³-hybridized carbons (Fsp3) is 0.105. The average molecular weight is 423 g/mol. The smallest absolute Gasteiger partial charge is 0.354 e. The van der Waals surface area contributed by atoms with Gasteiger partial charge in [0.25, 0.3) is 11.6 Å².